The fourth-order valence-electron chi connectivity index (χ4n) is 2.96. The molecule has 1 rings (SSSR count). The Hall–Kier alpha value is -4.20. The summed E-state index contributed by atoms with van der Waals surface area (Å²) in [5, 5.41) is 15.8. The monoisotopic (exact) mass is 492 g/mol. The van der Waals surface area contributed by atoms with E-state index in [9.17, 15) is 24.0 Å². The molecule has 0 fully saturated rings. The number of nitrogens with one attached hydrogen (secondary N) is 3. The van der Waals surface area contributed by atoms with Gasteiger partial charge in [-0.05, 0) is 18.4 Å². The van der Waals surface area contributed by atoms with Crippen molar-refractivity contribution in [1.29, 1.82) is 0 Å². The van der Waals surface area contributed by atoms with Crippen molar-refractivity contribution in [3.8, 4) is 0 Å². The highest BCUT2D eigenvalue weighted by Crippen LogP contribution is 2.05. The summed E-state index contributed by atoms with van der Waals surface area (Å²) < 4.78 is 0. The van der Waals surface area contributed by atoms with Gasteiger partial charge in [0.15, 0.2) is 5.96 Å². The van der Waals surface area contributed by atoms with Crippen molar-refractivity contribution in [1.82, 2.24) is 16.0 Å². The molecular weight excluding hydrogens is 460 g/mol. The predicted molar refractivity (Wildman–Crippen MR) is 126 cm³/mol. The molecule has 0 aliphatic rings. The van der Waals surface area contributed by atoms with Crippen molar-refractivity contribution >= 4 is 35.6 Å². The van der Waals surface area contributed by atoms with E-state index in [4.69, 9.17) is 28.0 Å². The molecule has 0 heterocycles. The first-order valence-electron chi connectivity index (χ1n) is 10.7. The number of primary amides is 1. The highest BCUT2D eigenvalue weighted by Gasteiger charge is 2.29. The van der Waals surface area contributed by atoms with Gasteiger partial charge < -0.3 is 44.0 Å². The fraction of sp³-hybridized carbons (Fsp3) is 0.429. The molecule has 3 unspecified atom stereocenters. The molecule has 0 radical (unpaired) electrons. The molecule has 0 aromatic heterocycles. The maximum Gasteiger partial charge on any atom is 0.322 e. The number of hydrogen-bond donors (Lipinski definition) is 8. The summed E-state index contributed by atoms with van der Waals surface area (Å²) in [6, 6.07) is 5.04. The predicted octanol–water partition coefficient (Wildman–Crippen LogP) is -3.34. The van der Waals surface area contributed by atoms with Gasteiger partial charge in [-0.15, -0.1) is 0 Å². The molecule has 0 aliphatic heterocycles. The van der Waals surface area contributed by atoms with Crippen LogP contribution >= 0.6 is 0 Å². The minimum atomic E-state index is -1.41. The average Bonchev–Trinajstić information content (AvgIpc) is 2.79. The minimum Gasteiger partial charge on any atom is -0.480 e. The van der Waals surface area contributed by atoms with Gasteiger partial charge in [0, 0.05) is 13.0 Å². The second kappa shape index (κ2) is 14.8. The SMILES string of the molecule is NC(=O)CC(NC(=O)C(N)CCCN=C(N)N)C(=O)NC(Cc1ccccc1)C(=O)NCC(=O)O. The number of aliphatic carboxylic acids is 1. The number of aliphatic imine (C=N–C) groups is 1. The lowest BCUT2D eigenvalue weighted by molar-refractivity contribution is -0.138. The molecule has 0 spiro atoms. The van der Waals surface area contributed by atoms with Crippen LogP contribution in [0.25, 0.3) is 0 Å². The van der Waals surface area contributed by atoms with E-state index in [1.165, 1.54) is 0 Å². The average molecular weight is 493 g/mol. The molecule has 0 saturated carbocycles. The lowest BCUT2D eigenvalue weighted by Crippen LogP contribution is -2.57. The van der Waals surface area contributed by atoms with Gasteiger partial charge in [0.25, 0.3) is 0 Å². The van der Waals surface area contributed by atoms with Gasteiger partial charge in [0.05, 0.1) is 12.5 Å². The van der Waals surface area contributed by atoms with Gasteiger partial charge in [-0.1, -0.05) is 30.3 Å². The van der Waals surface area contributed by atoms with Gasteiger partial charge in [0.2, 0.25) is 23.6 Å². The lowest BCUT2D eigenvalue weighted by atomic mass is 10.0. The van der Waals surface area contributed by atoms with Gasteiger partial charge in [0.1, 0.15) is 18.6 Å². The number of rotatable bonds is 15. The molecule has 0 aliphatic carbocycles. The molecule has 14 heteroatoms. The van der Waals surface area contributed by atoms with Crippen LogP contribution in [0.5, 0.6) is 0 Å². The first kappa shape index (κ1) is 28.8. The van der Waals surface area contributed by atoms with Gasteiger partial charge in [-0.3, -0.25) is 29.0 Å². The van der Waals surface area contributed by atoms with E-state index in [1.807, 2.05) is 0 Å². The third-order valence-electron chi connectivity index (χ3n) is 4.67. The molecule has 192 valence electrons. The number of carbonyl (C=O) groups is 5. The van der Waals surface area contributed by atoms with E-state index in [0.29, 0.717) is 12.0 Å². The van der Waals surface area contributed by atoms with E-state index < -0.39 is 60.7 Å². The van der Waals surface area contributed by atoms with E-state index in [0.717, 1.165) is 0 Å². The lowest BCUT2D eigenvalue weighted by Gasteiger charge is -2.23. The zero-order chi connectivity index (χ0) is 26.4. The van der Waals surface area contributed by atoms with Crippen molar-refractivity contribution < 1.29 is 29.1 Å². The van der Waals surface area contributed by atoms with Crippen molar-refractivity contribution in [2.45, 2.75) is 43.8 Å². The fourth-order valence-corrected chi connectivity index (χ4v) is 2.96. The summed E-state index contributed by atoms with van der Waals surface area (Å²) in [4.78, 5) is 64.0. The zero-order valence-corrected chi connectivity index (χ0v) is 19.1. The van der Waals surface area contributed by atoms with E-state index >= 15 is 0 Å². The molecule has 1 aromatic carbocycles. The number of hydrogen-bond acceptors (Lipinski definition) is 7. The Bertz CT molecular complexity index is 920. The van der Waals surface area contributed by atoms with Crippen LogP contribution in [-0.2, 0) is 30.4 Å². The first-order chi connectivity index (χ1) is 16.5. The quantitative estimate of drug-likeness (QED) is 0.0690. The first-order valence-corrected chi connectivity index (χ1v) is 10.7. The summed E-state index contributed by atoms with van der Waals surface area (Å²) in [6.45, 7) is -0.405. The van der Waals surface area contributed by atoms with Crippen LogP contribution in [-0.4, -0.2) is 71.9 Å². The van der Waals surface area contributed by atoms with Gasteiger partial charge in [-0.25, -0.2) is 0 Å². The largest absolute Gasteiger partial charge is 0.480 e. The Balaban J connectivity index is 2.91. The molecule has 3 atom stereocenters. The van der Waals surface area contributed by atoms with E-state index in [2.05, 4.69) is 20.9 Å². The molecule has 14 nitrogen and oxygen atoms in total. The van der Waals surface area contributed by atoms with Crippen LogP contribution in [0.2, 0.25) is 0 Å². The highest BCUT2D eigenvalue weighted by atomic mass is 16.4. The molecule has 35 heavy (non-hydrogen) atoms. The van der Waals surface area contributed by atoms with Crippen LogP contribution in [0.3, 0.4) is 0 Å². The number of carbonyl (C=O) groups excluding carboxylic acids is 4. The smallest absolute Gasteiger partial charge is 0.322 e. The number of nitrogens with two attached hydrogens (primary N) is 4. The zero-order valence-electron chi connectivity index (χ0n) is 19.1. The van der Waals surface area contributed by atoms with Gasteiger partial charge >= 0.3 is 5.97 Å². The third-order valence-corrected chi connectivity index (χ3v) is 4.67. The number of amides is 4. The molecule has 1 aromatic rings. The van der Waals surface area contributed by atoms with E-state index in [-0.39, 0.29) is 25.3 Å². The maximum atomic E-state index is 12.9. The molecule has 0 saturated heterocycles. The topological polar surface area (TPSA) is 258 Å². The summed E-state index contributed by atoms with van der Waals surface area (Å²) in [5.74, 6) is -4.58. The standard InChI is InChI=1S/C21H32N8O6/c22-13(7-4-8-26-21(24)25)18(33)28-15(10-16(23)30)20(35)29-14(19(34)27-11-17(31)32)9-12-5-2-1-3-6-12/h1-3,5-6,13-15H,4,7-11,22H2,(H2,23,30)(H,27,34)(H,28,33)(H,29,35)(H,31,32)(H4,24,25,26). The number of carboxylic acid groups (broad SMARTS) is 1. The van der Waals surface area contributed by atoms with Crippen LogP contribution in [0.1, 0.15) is 24.8 Å². The van der Waals surface area contributed by atoms with Crippen molar-refractivity contribution in [2.75, 3.05) is 13.1 Å². The Morgan fingerprint density at radius 1 is 0.914 bits per heavy atom. The normalized spacial score (nSPS) is 12.9. The van der Waals surface area contributed by atoms with Crippen LogP contribution in [0, 0.1) is 0 Å². The maximum absolute atomic E-state index is 12.9. The number of carboxylic acids is 1. The van der Waals surface area contributed by atoms with E-state index in [1.54, 1.807) is 30.3 Å². The summed E-state index contributed by atoms with van der Waals surface area (Å²) >= 11 is 0. The molecule has 0 bridgehead atoms. The Kier molecular flexibility index (Phi) is 12.2. The Morgan fingerprint density at radius 3 is 2.11 bits per heavy atom. The number of guanidine groups is 1. The minimum absolute atomic E-state index is 0.0274. The van der Waals surface area contributed by atoms with Crippen LogP contribution in [0.4, 0.5) is 0 Å². The van der Waals surface area contributed by atoms with Crippen molar-refractivity contribution in [3.63, 3.8) is 0 Å². The molecule has 12 N–H and O–H groups in total. The second-order valence-corrected chi connectivity index (χ2v) is 7.65. The summed E-state index contributed by atoms with van der Waals surface area (Å²) in [6.07, 6.45) is 0.0660. The summed E-state index contributed by atoms with van der Waals surface area (Å²) in [5.41, 5.74) is 22.2. The Morgan fingerprint density at radius 2 is 1.54 bits per heavy atom. The molecular formula is C21H32N8O6. The highest BCUT2D eigenvalue weighted by molar-refractivity contribution is 5.96. The van der Waals surface area contributed by atoms with Crippen LogP contribution in [0.15, 0.2) is 35.3 Å². The van der Waals surface area contributed by atoms with Crippen LogP contribution < -0.4 is 38.9 Å². The van der Waals surface area contributed by atoms with Crippen molar-refractivity contribution in [3.05, 3.63) is 35.9 Å². The second-order valence-electron chi connectivity index (χ2n) is 7.65. The third kappa shape index (κ3) is 12.0. The number of nitrogens with zero attached hydrogens (tertiary/aromatic N) is 1. The summed E-state index contributed by atoms with van der Waals surface area (Å²) in [7, 11) is 0. The Labute approximate surface area is 201 Å². The molecule has 4 amide bonds. The number of benzene rings is 1. The van der Waals surface area contributed by atoms with Crippen molar-refractivity contribution in [2.24, 2.45) is 27.9 Å². The van der Waals surface area contributed by atoms with Gasteiger partial charge in [-0.2, -0.15) is 0 Å².